The molecular formula is C15H20O4. The average Bonchev–Trinajstić information content (AvgIpc) is 2.42. The molecule has 1 aromatic rings. The second-order valence-electron chi connectivity index (χ2n) is 4.14. The molecule has 0 heterocycles. The Hall–Kier alpha value is -1.81. The third kappa shape index (κ3) is 7.26. The van der Waals surface area contributed by atoms with Gasteiger partial charge < -0.3 is 14.6 Å². The van der Waals surface area contributed by atoms with E-state index in [0.717, 1.165) is 12.2 Å². The number of ether oxygens (including phenoxy) is 2. The maximum absolute atomic E-state index is 10.5. The molecule has 19 heavy (non-hydrogen) atoms. The molecule has 0 saturated heterocycles. The minimum absolute atomic E-state index is 0.232. The average molecular weight is 264 g/mol. The van der Waals surface area contributed by atoms with Crippen molar-refractivity contribution in [2.45, 2.75) is 19.3 Å². The quantitative estimate of drug-likeness (QED) is 0.521. The fourth-order valence-corrected chi connectivity index (χ4v) is 1.46. The van der Waals surface area contributed by atoms with E-state index < -0.39 is 5.97 Å². The fraction of sp³-hybridized carbons (Fsp3) is 0.400. The summed E-state index contributed by atoms with van der Waals surface area (Å²) >= 11 is 0. The van der Waals surface area contributed by atoms with Gasteiger partial charge in [-0.05, 0) is 25.0 Å². The highest BCUT2D eigenvalue weighted by molar-refractivity contribution is 5.85. The van der Waals surface area contributed by atoms with Gasteiger partial charge in [0.15, 0.2) is 0 Å². The van der Waals surface area contributed by atoms with E-state index in [-0.39, 0.29) is 5.57 Å². The van der Waals surface area contributed by atoms with Gasteiger partial charge in [0.05, 0.1) is 6.61 Å². The van der Waals surface area contributed by atoms with Crippen LogP contribution in [0.3, 0.4) is 0 Å². The molecular weight excluding hydrogens is 244 g/mol. The lowest BCUT2D eigenvalue weighted by Crippen LogP contribution is -2.05. The summed E-state index contributed by atoms with van der Waals surface area (Å²) in [7, 11) is 0. The van der Waals surface area contributed by atoms with E-state index in [1.54, 1.807) is 0 Å². The number of para-hydroxylation sites is 1. The Morgan fingerprint density at radius 2 is 1.79 bits per heavy atom. The molecule has 4 heteroatoms. The topological polar surface area (TPSA) is 55.8 Å². The fourth-order valence-electron chi connectivity index (χ4n) is 1.46. The SMILES string of the molecule is C=C(CCCOCCCOc1ccccc1)C(=O)O. The molecule has 0 aliphatic rings. The van der Waals surface area contributed by atoms with Crippen LogP contribution in [0, 0.1) is 0 Å². The lowest BCUT2D eigenvalue weighted by Gasteiger charge is -2.06. The first-order chi connectivity index (χ1) is 9.20. The number of aliphatic carboxylic acids is 1. The van der Waals surface area contributed by atoms with Crippen LogP contribution in [0.4, 0.5) is 0 Å². The van der Waals surface area contributed by atoms with E-state index in [4.69, 9.17) is 14.6 Å². The second kappa shape index (κ2) is 9.16. The molecule has 1 rings (SSSR count). The minimum atomic E-state index is -0.934. The second-order valence-corrected chi connectivity index (χ2v) is 4.14. The van der Waals surface area contributed by atoms with E-state index in [9.17, 15) is 4.79 Å². The predicted octanol–water partition coefficient (Wildman–Crippen LogP) is 2.89. The number of rotatable bonds is 10. The summed E-state index contributed by atoms with van der Waals surface area (Å²) in [6.45, 7) is 5.25. The first-order valence-electron chi connectivity index (χ1n) is 6.37. The molecule has 104 valence electrons. The molecule has 1 aromatic carbocycles. The van der Waals surface area contributed by atoms with Gasteiger partial charge >= 0.3 is 5.97 Å². The standard InChI is InChI=1S/C15H20O4/c1-13(15(16)17)7-5-10-18-11-6-12-19-14-8-3-2-4-9-14/h2-4,8-9H,1,5-7,10-12H2,(H,16,17). The highest BCUT2D eigenvalue weighted by Gasteiger charge is 2.02. The van der Waals surface area contributed by atoms with Gasteiger partial charge in [0.25, 0.3) is 0 Å². The summed E-state index contributed by atoms with van der Waals surface area (Å²) in [6, 6.07) is 9.64. The van der Waals surface area contributed by atoms with Gasteiger partial charge in [-0.2, -0.15) is 0 Å². The van der Waals surface area contributed by atoms with Gasteiger partial charge in [-0.1, -0.05) is 24.8 Å². The number of hydrogen-bond acceptors (Lipinski definition) is 3. The van der Waals surface area contributed by atoms with Gasteiger partial charge in [0, 0.05) is 25.2 Å². The van der Waals surface area contributed by atoms with Gasteiger partial charge in [-0.3, -0.25) is 0 Å². The first kappa shape index (κ1) is 15.2. The number of carboxylic acids is 1. The first-order valence-corrected chi connectivity index (χ1v) is 6.37. The van der Waals surface area contributed by atoms with E-state index >= 15 is 0 Å². The Kier molecular flexibility index (Phi) is 7.35. The molecule has 0 atom stereocenters. The number of hydrogen-bond donors (Lipinski definition) is 1. The summed E-state index contributed by atoms with van der Waals surface area (Å²) < 4.78 is 10.9. The molecule has 0 aliphatic carbocycles. The zero-order valence-electron chi connectivity index (χ0n) is 11.0. The Bertz CT molecular complexity index is 386. The molecule has 4 nitrogen and oxygen atoms in total. The summed E-state index contributed by atoms with van der Waals surface area (Å²) in [4.78, 5) is 10.5. The lowest BCUT2D eigenvalue weighted by molar-refractivity contribution is -0.132. The van der Waals surface area contributed by atoms with Crippen LogP contribution in [-0.2, 0) is 9.53 Å². The Morgan fingerprint density at radius 1 is 1.11 bits per heavy atom. The summed E-state index contributed by atoms with van der Waals surface area (Å²) in [5, 5.41) is 8.61. The molecule has 0 spiro atoms. The molecule has 1 N–H and O–H groups in total. The summed E-state index contributed by atoms with van der Waals surface area (Å²) in [5.74, 6) is -0.0727. The smallest absolute Gasteiger partial charge is 0.330 e. The Balaban J connectivity index is 1.92. The molecule has 0 radical (unpaired) electrons. The maximum Gasteiger partial charge on any atom is 0.330 e. The monoisotopic (exact) mass is 264 g/mol. The third-order valence-corrected chi connectivity index (χ3v) is 2.51. The highest BCUT2D eigenvalue weighted by Crippen LogP contribution is 2.08. The van der Waals surface area contributed by atoms with Crippen LogP contribution in [0.1, 0.15) is 19.3 Å². The molecule has 0 bridgehead atoms. The zero-order valence-corrected chi connectivity index (χ0v) is 11.0. The molecule has 0 fully saturated rings. The van der Waals surface area contributed by atoms with Crippen molar-refractivity contribution in [1.82, 2.24) is 0 Å². The van der Waals surface area contributed by atoms with E-state index in [1.165, 1.54) is 0 Å². The number of benzene rings is 1. The normalized spacial score (nSPS) is 10.1. The predicted molar refractivity (Wildman–Crippen MR) is 73.4 cm³/mol. The van der Waals surface area contributed by atoms with Crippen molar-refractivity contribution in [2.75, 3.05) is 19.8 Å². The van der Waals surface area contributed by atoms with Gasteiger partial charge in [0.2, 0.25) is 0 Å². The van der Waals surface area contributed by atoms with Crippen molar-refractivity contribution >= 4 is 5.97 Å². The van der Waals surface area contributed by atoms with Crippen LogP contribution in [-0.4, -0.2) is 30.9 Å². The number of carboxylic acid groups (broad SMARTS) is 1. The van der Waals surface area contributed by atoms with E-state index in [2.05, 4.69) is 6.58 Å². The van der Waals surface area contributed by atoms with Crippen molar-refractivity contribution in [3.63, 3.8) is 0 Å². The van der Waals surface area contributed by atoms with Crippen molar-refractivity contribution in [2.24, 2.45) is 0 Å². The van der Waals surface area contributed by atoms with Crippen LogP contribution in [0.2, 0.25) is 0 Å². The molecule has 0 amide bonds. The third-order valence-electron chi connectivity index (χ3n) is 2.51. The van der Waals surface area contributed by atoms with Crippen LogP contribution in [0.15, 0.2) is 42.5 Å². The van der Waals surface area contributed by atoms with Crippen molar-refractivity contribution < 1.29 is 19.4 Å². The zero-order chi connectivity index (χ0) is 13.9. The molecule has 0 unspecified atom stereocenters. The maximum atomic E-state index is 10.5. The van der Waals surface area contributed by atoms with Crippen LogP contribution in [0.5, 0.6) is 5.75 Å². The summed E-state index contributed by atoms with van der Waals surface area (Å²) in [6.07, 6.45) is 1.97. The molecule has 0 aromatic heterocycles. The van der Waals surface area contributed by atoms with Crippen molar-refractivity contribution in [3.8, 4) is 5.75 Å². The van der Waals surface area contributed by atoms with Gasteiger partial charge in [0.1, 0.15) is 5.75 Å². The van der Waals surface area contributed by atoms with Crippen molar-refractivity contribution in [1.29, 1.82) is 0 Å². The molecule has 0 saturated carbocycles. The Morgan fingerprint density at radius 3 is 2.47 bits per heavy atom. The minimum Gasteiger partial charge on any atom is -0.494 e. The van der Waals surface area contributed by atoms with E-state index in [0.29, 0.717) is 32.7 Å². The summed E-state index contributed by atoms with van der Waals surface area (Å²) in [5.41, 5.74) is 0.232. The lowest BCUT2D eigenvalue weighted by atomic mass is 10.2. The van der Waals surface area contributed by atoms with E-state index in [1.807, 2.05) is 30.3 Å². The van der Waals surface area contributed by atoms with Crippen LogP contribution >= 0.6 is 0 Å². The van der Waals surface area contributed by atoms with Crippen LogP contribution < -0.4 is 4.74 Å². The highest BCUT2D eigenvalue weighted by atomic mass is 16.5. The van der Waals surface area contributed by atoms with Gasteiger partial charge in [-0.15, -0.1) is 0 Å². The largest absolute Gasteiger partial charge is 0.494 e. The molecule has 0 aliphatic heterocycles. The van der Waals surface area contributed by atoms with Gasteiger partial charge in [-0.25, -0.2) is 4.79 Å². The Labute approximate surface area is 113 Å². The van der Waals surface area contributed by atoms with Crippen molar-refractivity contribution in [3.05, 3.63) is 42.5 Å². The number of carbonyl (C=O) groups is 1. The van der Waals surface area contributed by atoms with Crippen LogP contribution in [0.25, 0.3) is 0 Å².